The molecular weight excluding hydrogens is 465 g/mol. The Hall–Kier alpha value is -0.280. The van der Waals surface area contributed by atoms with Crippen LogP contribution in [0.4, 0.5) is 5.69 Å². The van der Waals surface area contributed by atoms with Gasteiger partial charge in [0.1, 0.15) is 10.9 Å². The van der Waals surface area contributed by atoms with E-state index >= 15 is 0 Å². The fraction of sp³-hybridized carbons (Fsp3) is 0.353. The highest BCUT2D eigenvalue weighted by molar-refractivity contribution is 7.99. The monoisotopic (exact) mass is 485 g/mol. The van der Waals surface area contributed by atoms with Crippen molar-refractivity contribution in [2.24, 2.45) is 5.73 Å². The first kappa shape index (κ1) is 24.8. The Balaban J connectivity index is 0.00000182. The zero-order valence-corrected chi connectivity index (χ0v) is 19.7. The fourth-order valence-corrected chi connectivity index (χ4v) is 5.69. The van der Waals surface area contributed by atoms with Crippen molar-refractivity contribution in [2.45, 2.75) is 23.9 Å². The fourth-order valence-electron chi connectivity index (χ4n) is 2.64. The van der Waals surface area contributed by atoms with Crippen LogP contribution in [0.5, 0.6) is 0 Å². The van der Waals surface area contributed by atoms with E-state index in [9.17, 15) is 0 Å². The third-order valence-corrected chi connectivity index (χ3v) is 6.87. The molecule has 0 aliphatic carbocycles. The summed E-state index contributed by atoms with van der Waals surface area (Å²) in [7, 11) is 0. The van der Waals surface area contributed by atoms with Crippen molar-refractivity contribution in [2.75, 3.05) is 23.6 Å². The normalized spacial score (nSPS) is 11.7. The Labute approximate surface area is 189 Å². The summed E-state index contributed by atoms with van der Waals surface area (Å²) in [5.41, 5.74) is 8.19. The highest BCUT2D eigenvalue weighted by Gasteiger charge is 2.18. The average Bonchev–Trinajstić information content (AvgIpc) is 3.20. The van der Waals surface area contributed by atoms with Crippen LogP contribution in [0.2, 0.25) is 5.15 Å². The van der Waals surface area contributed by atoms with E-state index in [0.717, 1.165) is 33.8 Å². The summed E-state index contributed by atoms with van der Waals surface area (Å²) in [6.45, 7) is 0.607. The number of hydrogen-bond donors (Lipinski definition) is 2. The minimum Gasteiger partial charge on any atom is -0.467 e. The van der Waals surface area contributed by atoms with Gasteiger partial charge in [0.25, 0.3) is 0 Å². The van der Waals surface area contributed by atoms with Gasteiger partial charge in [0, 0.05) is 27.6 Å². The second kappa shape index (κ2) is 11.7. The largest absolute Gasteiger partial charge is 0.467 e. The summed E-state index contributed by atoms with van der Waals surface area (Å²) in [5, 5.41) is 3.91. The molecule has 3 aromatic heterocycles. The lowest BCUT2D eigenvalue weighted by Crippen LogP contribution is -2.25. The predicted octanol–water partition coefficient (Wildman–Crippen LogP) is 5.95. The van der Waals surface area contributed by atoms with Crippen molar-refractivity contribution >= 4 is 87.2 Å². The van der Waals surface area contributed by atoms with Gasteiger partial charge < -0.3 is 15.5 Å². The Morgan fingerprint density at radius 1 is 1.37 bits per heavy atom. The van der Waals surface area contributed by atoms with Crippen LogP contribution in [0, 0.1) is 0 Å². The number of thiophene rings is 1. The second-order valence-electron chi connectivity index (χ2n) is 5.58. The number of halogens is 3. The van der Waals surface area contributed by atoms with Gasteiger partial charge in [-0.3, -0.25) is 0 Å². The van der Waals surface area contributed by atoms with Crippen LogP contribution in [0.1, 0.15) is 10.6 Å². The van der Waals surface area contributed by atoms with E-state index in [1.54, 1.807) is 41.1 Å². The minimum absolute atomic E-state index is 0. The smallest absolute Gasteiger partial charge is 0.131 e. The molecule has 3 N–H and O–H groups in total. The van der Waals surface area contributed by atoms with Crippen LogP contribution in [0.15, 0.2) is 33.8 Å². The number of furan rings is 1. The molecule has 3 heterocycles. The summed E-state index contributed by atoms with van der Waals surface area (Å²) < 4.78 is 6.51. The van der Waals surface area contributed by atoms with Crippen LogP contribution >= 0.6 is 71.3 Å². The van der Waals surface area contributed by atoms with Gasteiger partial charge in [-0.2, -0.15) is 11.8 Å². The van der Waals surface area contributed by atoms with Gasteiger partial charge in [-0.25, -0.2) is 4.98 Å². The second-order valence-corrected chi connectivity index (χ2v) is 8.80. The summed E-state index contributed by atoms with van der Waals surface area (Å²) >= 11 is 11.5. The number of nitrogens with two attached hydrogens (primary N) is 1. The third kappa shape index (κ3) is 6.10. The van der Waals surface area contributed by atoms with Gasteiger partial charge in [-0.05, 0) is 31.1 Å². The molecule has 0 spiro atoms. The molecular formula is C17H22Cl3N3OS3. The number of aromatic nitrogens is 1. The van der Waals surface area contributed by atoms with Crippen molar-refractivity contribution in [3.8, 4) is 0 Å². The summed E-state index contributed by atoms with van der Waals surface area (Å²) in [5.74, 6) is 1.82. The Morgan fingerprint density at radius 2 is 2.15 bits per heavy atom. The van der Waals surface area contributed by atoms with Crippen molar-refractivity contribution in [1.82, 2.24) is 4.98 Å². The summed E-state index contributed by atoms with van der Waals surface area (Å²) in [6, 6.07) is 5.85. The standard InChI is InChI=1S/C17H20ClN3OS3.2ClH/c1-23-9-10(19)6-13-17(24-2)15-16(25-13)12(7-14(18)21-15)20-8-11-4-3-5-22-11;;/h3-5,7,10H,6,8-9,19H2,1-2H3,(H,20,21);2*1H. The zero-order chi connectivity index (χ0) is 17.8. The van der Waals surface area contributed by atoms with E-state index in [1.165, 1.54) is 9.77 Å². The van der Waals surface area contributed by atoms with Gasteiger partial charge >= 0.3 is 0 Å². The SMILES string of the molecule is CSCC(N)Cc1sc2c(NCc3ccco3)cc(Cl)nc2c1SC.Cl.Cl. The molecule has 0 saturated heterocycles. The molecule has 0 fully saturated rings. The molecule has 27 heavy (non-hydrogen) atoms. The van der Waals surface area contributed by atoms with E-state index in [0.29, 0.717) is 11.7 Å². The lowest BCUT2D eigenvalue weighted by atomic mass is 10.2. The van der Waals surface area contributed by atoms with Gasteiger partial charge in [0.05, 0.1) is 28.7 Å². The Bertz CT molecular complexity index is 843. The van der Waals surface area contributed by atoms with Gasteiger partial charge in [0.15, 0.2) is 0 Å². The van der Waals surface area contributed by atoms with Crippen LogP contribution < -0.4 is 11.1 Å². The van der Waals surface area contributed by atoms with E-state index in [4.69, 9.17) is 21.8 Å². The predicted molar refractivity (Wildman–Crippen MR) is 127 cm³/mol. The van der Waals surface area contributed by atoms with Crippen molar-refractivity contribution in [3.63, 3.8) is 0 Å². The number of fused-ring (bicyclic) bond motifs is 1. The number of nitrogens with one attached hydrogen (secondary N) is 1. The summed E-state index contributed by atoms with van der Waals surface area (Å²) in [4.78, 5) is 7.03. The van der Waals surface area contributed by atoms with Crippen LogP contribution in [-0.4, -0.2) is 29.3 Å². The van der Waals surface area contributed by atoms with E-state index in [2.05, 4.69) is 22.8 Å². The number of nitrogens with zero attached hydrogens (tertiary/aromatic N) is 1. The summed E-state index contributed by atoms with van der Waals surface area (Å²) in [6.07, 6.45) is 6.68. The first-order chi connectivity index (χ1) is 12.1. The molecule has 3 aromatic rings. The molecule has 0 amide bonds. The molecule has 1 unspecified atom stereocenters. The highest BCUT2D eigenvalue weighted by atomic mass is 35.5. The van der Waals surface area contributed by atoms with E-state index in [-0.39, 0.29) is 30.9 Å². The quantitative estimate of drug-likeness (QED) is 0.303. The van der Waals surface area contributed by atoms with Crippen LogP contribution in [0.25, 0.3) is 10.2 Å². The topological polar surface area (TPSA) is 64.1 Å². The number of rotatable bonds is 8. The molecule has 0 aliphatic rings. The molecule has 0 aromatic carbocycles. The molecule has 0 bridgehead atoms. The Morgan fingerprint density at radius 3 is 2.78 bits per heavy atom. The third-order valence-electron chi connectivity index (χ3n) is 3.70. The molecule has 0 saturated carbocycles. The molecule has 3 rings (SSSR count). The van der Waals surface area contributed by atoms with Crippen LogP contribution in [-0.2, 0) is 13.0 Å². The first-order valence-electron chi connectivity index (χ1n) is 7.79. The van der Waals surface area contributed by atoms with Crippen molar-refractivity contribution in [1.29, 1.82) is 0 Å². The Kier molecular flexibility index (Phi) is 10.7. The molecule has 0 aliphatic heterocycles. The van der Waals surface area contributed by atoms with Crippen molar-refractivity contribution < 1.29 is 4.42 Å². The lowest BCUT2D eigenvalue weighted by molar-refractivity contribution is 0.518. The van der Waals surface area contributed by atoms with Gasteiger partial charge in [-0.1, -0.05) is 11.6 Å². The maximum absolute atomic E-state index is 6.27. The van der Waals surface area contributed by atoms with Gasteiger partial charge in [0.2, 0.25) is 0 Å². The molecule has 10 heteroatoms. The number of anilines is 1. The van der Waals surface area contributed by atoms with Crippen molar-refractivity contribution in [3.05, 3.63) is 40.3 Å². The molecule has 150 valence electrons. The number of pyridine rings is 1. The maximum Gasteiger partial charge on any atom is 0.131 e. The maximum atomic E-state index is 6.27. The molecule has 4 nitrogen and oxygen atoms in total. The minimum atomic E-state index is 0. The first-order valence-corrected chi connectivity index (χ1v) is 11.6. The molecule has 1 atom stereocenters. The molecule has 0 radical (unpaired) electrons. The van der Waals surface area contributed by atoms with Gasteiger partial charge in [-0.15, -0.1) is 47.9 Å². The zero-order valence-electron chi connectivity index (χ0n) is 14.9. The number of thioether (sulfide) groups is 2. The highest BCUT2D eigenvalue weighted by Crippen LogP contribution is 2.41. The van der Waals surface area contributed by atoms with E-state index < -0.39 is 0 Å². The van der Waals surface area contributed by atoms with E-state index in [1.807, 2.05) is 18.2 Å². The lowest BCUT2D eigenvalue weighted by Gasteiger charge is -2.09. The van der Waals surface area contributed by atoms with Crippen LogP contribution in [0.3, 0.4) is 0 Å². The average molecular weight is 487 g/mol. The number of hydrogen-bond acceptors (Lipinski definition) is 7.